The summed E-state index contributed by atoms with van der Waals surface area (Å²) in [6.45, 7) is 3.19. The highest BCUT2D eigenvalue weighted by molar-refractivity contribution is 7.10. The van der Waals surface area contributed by atoms with Gasteiger partial charge in [-0.1, -0.05) is 6.07 Å². The van der Waals surface area contributed by atoms with Gasteiger partial charge >= 0.3 is 0 Å². The molecule has 0 bridgehead atoms. The van der Waals surface area contributed by atoms with Crippen LogP contribution in [-0.4, -0.2) is 44.7 Å². The van der Waals surface area contributed by atoms with Crippen molar-refractivity contribution in [2.24, 2.45) is 0 Å². The van der Waals surface area contributed by atoms with Crippen LogP contribution in [0.3, 0.4) is 0 Å². The first-order chi connectivity index (χ1) is 8.15. The second kappa shape index (κ2) is 7.42. The molecule has 1 aromatic rings. The Morgan fingerprint density at radius 1 is 1.59 bits per heavy atom. The smallest absolute Gasteiger partial charge is 0.246 e. The van der Waals surface area contributed by atoms with Gasteiger partial charge in [-0.05, 0) is 32.5 Å². The van der Waals surface area contributed by atoms with E-state index < -0.39 is 0 Å². The molecule has 0 aliphatic carbocycles. The van der Waals surface area contributed by atoms with Gasteiger partial charge in [-0.3, -0.25) is 4.79 Å². The van der Waals surface area contributed by atoms with Gasteiger partial charge in [0, 0.05) is 18.0 Å². The zero-order valence-corrected chi connectivity index (χ0v) is 11.4. The highest BCUT2D eigenvalue weighted by atomic mass is 32.1. The molecule has 0 saturated heterocycles. The number of thiophene rings is 1. The lowest BCUT2D eigenvalue weighted by molar-refractivity contribution is -0.125. The molecule has 1 heterocycles. The van der Waals surface area contributed by atoms with E-state index in [2.05, 4.69) is 16.3 Å². The molecule has 1 unspecified atom stereocenters. The minimum Gasteiger partial charge on any atom is -0.372 e. The Balaban J connectivity index is 2.43. The average Bonchev–Trinajstić information content (AvgIpc) is 2.79. The summed E-state index contributed by atoms with van der Waals surface area (Å²) in [7, 11) is 4.03. The van der Waals surface area contributed by atoms with E-state index in [0.29, 0.717) is 13.2 Å². The lowest BCUT2D eigenvalue weighted by Crippen LogP contribution is -2.36. The van der Waals surface area contributed by atoms with Gasteiger partial charge in [-0.15, -0.1) is 11.3 Å². The molecule has 0 saturated carbocycles. The van der Waals surface area contributed by atoms with Gasteiger partial charge in [-0.25, -0.2) is 0 Å². The summed E-state index contributed by atoms with van der Waals surface area (Å²) in [6.07, 6.45) is 0. The molecule has 0 radical (unpaired) electrons. The highest BCUT2D eigenvalue weighted by Crippen LogP contribution is 2.22. The molecule has 0 spiro atoms. The molecule has 0 aromatic carbocycles. The molecule has 1 N–H and O–H groups in total. The number of carbonyl (C=O) groups excluding carboxylic acids is 1. The maximum Gasteiger partial charge on any atom is 0.246 e. The third-order valence-corrected chi connectivity index (χ3v) is 3.40. The van der Waals surface area contributed by atoms with Crippen molar-refractivity contribution in [3.63, 3.8) is 0 Å². The second-order valence-corrected chi connectivity index (χ2v) is 4.92. The van der Waals surface area contributed by atoms with E-state index in [9.17, 15) is 4.79 Å². The van der Waals surface area contributed by atoms with Gasteiger partial charge in [0.25, 0.3) is 0 Å². The van der Waals surface area contributed by atoms with E-state index in [-0.39, 0.29) is 18.6 Å². The molecule has 5 heteroatoms. The van der Waals surface area contributed by atoms with E-state index in [4.69, 9.17) is 4.74 Å². The van der Waals surface area contributed by atoms with Crippen molar-refractivity contribution in [3.8, 4) is 0 Å². The summed E-state index contributed by atoms with van der Waals surface area (Å²) < 4.78 is 5.06. The van der Waals surface area contributed by atoms with Crippen molar-refractivity contribution >= 4 is 17.2 Å². The van der Waals surface area contributed by atoms with Crippen LogP contribution < -0.4 is 5.32 Å². The molecular formula is C12H20N2O2S. The third-order valence-electron chi connectivity index (χ3n) is 2.42. The predicted octanol–water partition coefficient (Wildman–Crippen LogP) is 1.50. The first-order valence-corrected chi connectivity index (χ1v) is 6.57. The summed E-state index contributed by atoms with van der Waals surface area (Å²) in [5, 5.41) is 4.94. The molecule has 1 aromatic heterocycles. The quantitative estimate of drug-likeness (QED) is 0.804. The van der Waals surface area contributed by atoms with Crippen molar-refractivity contribution in [1.82, 2.24) is 10.2 Å². The van der Waals surface area contributed by atoms with Gasteiger partial charge in [-0.2, -0.15) is 0 Å². The first kappa shape index (κ1) is 14.2. The van der Waals surface area contributed by atoms with E-state index >= 15 is 0 Å². The van der Waals surface area contributed by atoms with Crippen LogP contribution in [0.4, 0.5) is 0 Å². The van der Waals surface area contributed by atoms with Crippen molar-refractivity contribution in [2.75, 3.05) is 33.9 Å². The van der Waals surface area contributed by atoms with Crippen molar-refractivity contribution in [3.05, 3.63) is 22.4 Å². The molecule has 0 fully saturated rings. The Kier molecular flexibility index (Phi) is 6.18. The fraction of sp³-hybridized carbons (Fsp3) is 0.583. The summed E-state index contributed by atoms with van der Waals surface area (Å²) in [6, 6.07) is 4.34. The SMILES string of the molecule is CCOCC(=O)NCC(c1cccs1)N(C)C. The highest BCUT2D eigenvalue weighted by Gasteiger charge is 2.15. The van der Waals surface area contributed by atoms with Crippen LogP contribution in [0, 0.1) is 0 Å². The maximum absolute atomic E-state index is 11.4. The molecule has 1 atom stereocenters. The van der Waals surface area contributed by atoms with Gasteiger partial charge in [0.1, 0.15) is 6.61 Å². The molecule has 1 amide bonds. The summed E-state index contributed by atoms with van der Waals surface area (Å²) >= 11 is 1.70. The van der Waals surface area contributed by atoms with Gasteiger partial charge < -0.3 is 15.0 Å². The number of nitrogens with zero attached hydrogens (tertiary/aromatic N) is 1. The molecule has 17 heavy (non-hydrogen) atoms. The van der Waals surface area contributed by atoms with E-state index in [1.807, 2.05) is 32.5 Å². The number of likely N-dealkylation sites (N-methyl/N-ethyl adjacent to an activating group) is 1. The molecule has 0 aliphatic rings. The largest absolute Gasteiger partial charge is 0.372 e. The summed E-state index contributed by atoms with van der Waals surface area (Å²) in [5.41, 5.74) is 0. The number of ether oxygens (including phenoxy) is 1. The molecule has 96 valence electrons. The second-order valence-electron chi connectivity index (χ2n) is 3.94. The van der Waals surface area contributed by atoms with Crippen LogP contribution in [-0.2, 0) is 9.53 Å². The number of carbonyl (C=O) groups is 1. The van der Waals surface area contributed by atoms with Crippen LogP contribution >= 0.6 is 11.3 Å². The van der Waals surface area contributed by atoms with Crippen LogP contribution in [0.15, 0.2) is 17.5 Å². The molecule has 4 nitrogen and oxygen atoms in total. The van der Waals surface area contributed by atoms with Crippen molar-refractivity contribution in [2.45, 2.75) is 13.0 Å². The van der Waals surface area contributed by atoms with Crippen LogP contribution in [0.2, 0.25) is 0 Å². The lowest BCUT2D eigenvalue weighted by Gasteiger charge is -2.23. The van der Waals surface area contributed by atoms with Gasteiger partial charge in [0.05, 0.1) is 6.04 Å². The monoisotopic (exact) mass is 256 g/mol. The Bertz CT molecular complexity index is 325. The zero-order valence-electron chi connectivity index (χ0n) is 10.6. The Labute approximate surface area is 107 Å². The fourth-order valence-electron chi connectivity index (χ4n) is 1.47. The Morgan fingerprint density at radius 2 is 2.35 bits per heavy atom. The number of rotatable bonds is 7. The first-order valence-electron chi connectivity index (χ1n) is 5.69. The minimum atomic E-state index is -0.0599. The number of hydrogen-bond acceptors (Lipinski definition) is 4. The Morgan fingerprint density at radius 3 is 2.88 bits per heavy atom. The number of hydrogen-bond donors (Lipinski definition) is 1. The standard InChI is InChI=1S/C12H20N2O2S/c1-4-16-9-12(15)13-8-10(14(2)3)11-6-5-7-17-11/h5-7,10H,4,8-9H2,1-3H3,(H,13,15). The van der Waals surface area contributed by atoms with E-state index in [1.165, 1.54) is 4.88 Å². The maximum atomic E-state index is 11.4. The van der Waals surface area contributed by atoms with Crippen LogP contribution in [0.5, 0.6) is 0 Å². The van der Waals surface area contributed by atoms with Crippen LogP contribution in [0.25, 0.3) is 0 Å². The van der Waals surface area contributed by atoms with Crippen LogP contribution in [0.1, 0.15) is 17.8 Å². The van der Waals surface area contributed by atoms with Crippen molar-refractivity contribution in [1.29, 1.82) is 0 Å². The third kappa shape index (κ3) is 4.85. The lowest BCUT2D eigenvalue weighted by atomic mass is 10.2. The summed E-state index contributed by atoms with van der Waals surface area (Å²) in [5.74, 6) is -0.0599. The molecule has 0 aliphatic heterocycles. The minimum absolute atomic E-state index is 0.0599. The van der Waals surface area contributed by atoms with Gasteiger partial charge in [0.2, 0.25) is 5.91 Å². The zero-order chi connectivity index (χ0) is 12.7. The number of nitrogens with one attached hydrogen (secondary N) is 1. The summed E-state index contributed by atoms with van der Waals surface area (Å²) in [4.78, 5) is 14.8. The fourth-order valence-corrected chi connectivity index (χ4v) is 2.40. The number of amides is 1. The Hall–Kier alpha value is -0.910. The van der Waals surface area contributed by atoms with Gasteiger partial charge in [0.15, 0.2) is 0 Å². The van der Waals surface area contributed by atoms with E-state index in [1.54, 1.807) is 11.3 Å². The predicted molar refractivity (Wildman–Crippen MR) is 70.2 cm³/mol. The van der Waals surface area contributed by atoms with Crippen molar-refractivity contribution < 1.29 is 9.53 Å². The average molecular weight is 256 g/mol. The topological polar surface area (TPSA) is 41.6 Å². The van der Waals surface area contributed by atoms with E-state index in [0.717, 1.165) is 0 Å². The molecule has 1 rings (SSSR count). The molecular weight excluding hydrogens is 236 g/mol. The normalized spacial score (nSPS) is 12.7.